The number of likely N-dealkylation sites (N-methyl/N-ethyl adjacent to an activating group) is 1. The van der Waals surface area contributed by atoms with Crippen LogP contribution in [0.1, 0.15) is 58.4 Å². The van der Waals surface area contributed by atoms with Crippen LogP contribution in [-0.2, 0) is 15.8 Å². The van der Waals surface area contributed by atoms with Crippen LogP contribution in [0.4, 0.5) is 4.39 Å². The predicted molar refractivity (Wildman–Crippen MR) is 173 cm³/mol. The number of fused-ring (bicyclic) bond motifs is 1. The summed E-state index contributed by atoms with van der Waals surface area (Å²) in [4.78, 5) is 10.4. The highest BCUT2D eigenvalue weighted by Gasteiger charge is 2.45. The molecule has 2 aliphatic rings. The van der Waals surface area contributed by atoms with Crippen LogP contribution >= 0.6 is 0 Å². The lowest BCUT2D eigenvalue weighted by atomic mass is 9.73. The summed E-state index contributed by atoms with van der Waals surface area (Å²) in [5.74, 6) is -0.185. The third-order valence-corrected chi connectivity index (χ3v) is 10.4. The molecule has 0 radical (unpaired) electrons. The average Bonchev–Trinajstić information content (AvgIpc) is 3.17. The largest absolute Gasteiger partial charge is 0.348 e. The molecule has 0 bridgehead atoms. The SMILES string of the molecule is C=CC=NC(=C)CCN(CC1CCC2=CC(N(C)/C(C)=C/C=C(\C)F)=C(C=C)CCC21C)S(=O)(=O)Cc1ccncc1. The molecule has 2 unspecified atom stereocenters. The van der Waals surface area contributed by atoms with E-state index in [9.17, 15) is 12.8 Å². The first-order valence-corrected chi connectivity index (χ1v) is 16.0. The number of nitrogens with zero attached hydrogens (tertiary/aromatic N) is 4. The normalized spacial score (nSPS) is 21.8. The first kappa shape index (κ1) is 33.1. The van der Waals surface area contributed by atoms with Gasteiger partial charge in [-0.1, -0.05) is 44.4 Å². The van der Waals surface area contributed by atoms with Crippen molar-refractivity contribution in [1.29, 1.82) is 0 Å². The van der Waals surface area contributed by atoms with Crippen molar-refractivity contribution >= 4 is 16.2 Å². The van der Waals surface area contributed by atoms with Crippen molar-refractivity contribution in [3.8, 4) is 0 Å². The minimum absolute atomic E-state index is 0.0838. The molecule has 2 aliphatic carbocycles. The van der Waals surface area contributed by atoms with E-state index in [1.54, 1.807) is 47.2 Å². The standard InChI is InChI=1S/C34H45FN4O2S/c1-8-19-37-27(4)17-22-39(42(40,41)25-29-15-20-36-21-16-29)24-32-13-12-31-23-33(30(9-2)14-18-34(31,32)6)38(7)28(5)11-10-26(3)35/h8-11,15-16,19-21,23,32H,1-2,4,12-14,17-18,22,24-25H2,3,5-7H3/b26-10+,28-11+,37-19?. The molecule has 2 atom stereocenters. The second-order valence-corrected chi connectivity index (χ2v) is 13.3. The molecule has 1 aromatic heterocycles. The number of pyridine rings is 1. The van der Waals surface area contributed by atoms with E-state index in [1.165, 1.54) is 18.6 Å². The summed E-state index contributed by atoms with van der Waals surface area (Å²) in [7, 11) is -1.63. The number of sulfonamides is 1. The fourth-order valence-electron chi connectivity index (χ4n) is 5.77. The van der Waals surface area contributed by atoms with Crippen molar-refractivity contribution in [3.63, 3.8) is 0 Å². The molecule has 0 aromatic carbocycles. The summed E-state index contributed by atoms with van der Waals surface area (Å²) >= 11 is 0. The molecule has 226 valence electrons. The molecule has 8 heteroatoms. The van der Waals surface area contributed by atoms with E-state index < -0.39 is 10.0 Å². The summed E-state index contributed by atoms with van der Waals surface area (Å²) in [6.45, 7) is 18.1. The molecule has 0 aliphatic heterocycles. The van der Waals surface area contributed by atoms with Crippen LogP contribution in [0, 0.1) is 11.3 Å². The van der Waals surface area contributed by atoms with Crippen LogP contribution in [0.3, 0.4) is 0 Å². The van der Waals surface area contributed by atoms with Gasteiger partial charge in [0.05, 0.1) is 11.6 Å². The van der Waals surface area contributed by atoms with Gasteiger partial charge < -0.3 is 4.90 Å². The van der Waals surface area contributed by atoms with Crippen molar-refractivity contribution in [1.82, 2.24) is 14.2 Å². The number of hydrogen-bond acceptors (Lipinski definition) is 5. The lowest BCUT2D eigenvalue weighted by molar-refractivity contribution is 0.211. The number of allylic oxidation sites excluding steroid dienone is 9. The zero-order valence-electron chi connectivity index (χ0n) is 25.5. The maximum absolute atomic E-state index is 13.8. The Morgan fingerprint density at radius 1 is 1.21 bits per heavy atom. The van der Waals surface area contributed by atoms with Crippen LogP contribution in [-0.4, -0.2) is 49.0 Å². The molecule has 1 fully saturated rings. The van der Waals surface area contributed by atoms with Gasteiger partial charge in [0.1, 0.15) is 0 Å². The van der Waals surface area contributed by atoms with Crippen molar-refractivity contribution < 1.29 is 12.8 Å². The molecule has 1 saturated carbocycles. The van der Waals surface area contributed by atoms with Gasteiger partial charge >= 0.3 is 0 Å². The van der Waals surface area contributed by atoms with Crippen molar-refractivity contribution in [2.45, 2.75) is 58.6 Å². The number of aromatic nitrogens is 1. The van der Waals surface area contributed by atoms with E-state index in [0.717, 1.165) is 42.7 Å². The Bertz CT molecular complexity index is 1420. The van der Waals surface area contributed by atoms with Crippen molar-refractivity contribution in [2.75, 3.05) is 20.1 Å². The molecule has 1 heterocycles. The Labute approximate surface area is 252 Å². The molecule has 0 amide bonds. The Morgan fingerprint density at radius 3 is 2.57 bits per heavy atom. The molecule has 6 nitrogen and oxygen atoms in total. The van der Waals surface area contributed by atoms with Gasteiger partial charge in [0.25, 0.3) is 0 Å². The Kier molecular flexibility index (Phi) is 11.6. The van der Waals surface area contributed by atoms with E-state index in [2.05, 4.69) is 47.6 Å². The van der Waals surface area contributed by atoms with Crippen LogP contribution in [0.15, 0.2) is 114 Å². The fraction of sp³-hybridized carbons (Fsp3) is 0.412. The summed E-state index contributed by atoms with van der Waals surface area (Å²) < 4.78 is 42.7. The van der Waals surface area contributed by atoms with Crippen LogP contribution in [0.2, 0.25) is 0 Å². The topological polar surface area (TPSA) is 65.9 Å². The molecule has 1 aromatic rings. The number of hydrogen-bond donors (Lipinski definition) is 0. The third kappa shape index (κ3) is 8.35. The van der Waals surface area contributed by atoms with Gasteiger partial charge in [0.15, 0.2) is 0 Å². The first-order valence-electron chi connectivity index (χ1n) is 14.4. The minimum Gasteiger partial charge on any atom is -0.348 e. The van der Waals surface area contributed by atoms with Crippen molar-refractivity contribution in [3.05, 3.63) is 114 Å². The van der Waals surface area contributed by atoms with E-state index >= 15 is 0 Å². The first-order chi connectivity index (χ1) is 19.9. The van der Waals surface area contributed by atoms with Gasteiger partial charge in [-0.05, 0) is 92.4 Å². The third-order valence-electron chi connectivity index (χ3n) is 8.57. The van der Waals surface area contributed by atoms with Crippen molar-refractivity contribution in [2.24, 2.45) is 16.3 Å². The Balaban J connectivity index is 1.91. The quantitative estimate of drug-likeness (QED) is 0.164. The van der Waals surface area contributed by atoms with E-state index in [0.29, 0.717) is 30.8 Å². The zero-order chi connectivity index (χ0) is 30.9. The number of halogens is 1. The van der Waals surface area contributed by atoms with Gasteiger partial charge in [-0.2, -0.15) is 0 Å². The molecule has 3 rings (SSSR count). The maximum Gasteiger partial charge on any atom is 0.218 e. The molecular weight excluding hydrogens is 547 g/mol. The molecule has 0 saturated heterocycles. The predicted octanol–water partition coefficient (Wildman–Crippen LogP) is 7.66. The summed E-state index contributed by atoms with van der Waals surface area (Å²) in [6.07, 6.45) is 17.7. The fourth-order valence-corrected chi connectivity index (χ4v) is 7.35. The monoisotopic (exact) mass is 592 g/mol. The maximum atomic E-state index is 13.8. The van der Waals surface area contributed by atoms with Gasteiger partial charge in [-0.15, -0.1) is 0 Å². The van der Waals surface area contributed by atoms with Gasteiger partial charge in [-0.3, -0.25) is 9.98 Å². The molecular formula is C34H45FN4O2S. The average molecular weight is 593 g/mol. The molecule has 0 N–H and O–H groups in total. The lowest BCUT2D eigenvalue weighted by Crippen LogP contribution is -2.40. The highest BCUT2D eigenvalue weighted by Crippen LogP contribution is 2.53. The molecule has 0 spiro atoms. The smallest absolute Gasteiger partial charge is 0.218 e. The van der Waals surface area contributed by atoms with E-state index in [1.807, 2.05) is 20.0 Å². The van der Waals surface area contributed by atoms with Crippen LogP contribution < -0.4 is 0 Å². The second kappa shape index (κ2) is 14.7. The highest BCUT2D eigenvalue weighted by molar-refractivity contribution is 7.88. The van der Waals surface area contributed by atoms with E-state index in [-0.39, 0.29) is 22.9 Å². The van der Waals surface area contributed by atoms with Gasteiger partial charge in [0, 0.05) is 62.3 Å². The zero-order valence-corrected chi connectivity index (χ0v) is 26.3. The Hall–Kier alpha value is -3.36. The summed E-state index contributed by atoms with van der Waals surface area (Å²) in [6, 6.07) is 3.49. The van der Waals surface area contributed by atoms with Crippen LogP contribution in [0.5, 0.6) is 0 Å². The number of aliphatic imine (C=N–C) groups is 1. The Morgan fingerprint density at radius 2 is 1.93 bits per heavy atom. The molecule has 42 heavy (non-hydrogen) atoms. The lowest BCUT2D eigenvalue weighted by Gasteiger charge is -2.36. The minimum atomic E-state index is -3.62. The summed E-state index contributed by atoms with van der Waals surface area (Å²) in [5, 5.41) is 0. The summed E-state index contributed by atoms with van der Waals surface area (Å²) in [5.41, 5.74) is 5.58. The highest BCUT2D eigenvalue weighted by atomic mass is 32.2. The van der Waals surface area contributed by atoms with Crippen LogP contribution in [0.25, 0.3) is 0 Å². The van der Waals surface area contributed by atoms with E-state index in [4.69, 9.17) is 0 Å². The number of rotatable bonds is 14. The second-order valence-electron chi connectivity index (χ2n) is 11.4. The van der Waals surface area contributed by atoms with Gasteiger partial charge in [-0.25, -0.2) is 17.1 Å². The van der Waals surface area contributed by atoms with Gasteiger partial charge in [0.2, 0.25) is 10.0 Å².